The summed E-state index contributed by atoms with van der Waals surface area (Å²) < 4.78 is 13.1. The highest BCUT2D eigenvalue weighted by Crippen LogP contribution is 2.21. The number of halogens is 1. The van der Waals surface area contributed by atoms with Gasteiger partial charge in [-0.15, -0.1) is 0 Å². The Morgan fingerprint density at radius 1 is 1.53 bits per heavy atom. The first-order valence-corrected chi connectivity index (χ1v) is 6.17. The van der Waals surface area contributed by atoms with Gasteiger partial charge < -0.3 is 4.90 Å². The zero-order valence-corrected chi connectivity index (χ0v) is 10.4. The van der Waals surface area contributed by atoms with Gasteiger partial charge in [-0.2, -0.15) is 0 Å². The van der Waals surface area contributed by atoms with Crippen LogP contribution >= 0.6 is 0 Å². The molecule has 1 amide bonds. The number of nitrogens with zero attached hydrogens (tertiary/aromatic N) is 1. The number of aryl methyl sites for hydroxylation is 1. The minimum atomic E-state index is -0.255. The van der Waals surface area contributed by atoms with Crippen LogP contribution < -0.4 is 0 Å². The van der Waals surface area contributed by atoms with Crippen LogP contribution in [-0.4, -0.2) is 23.9 Å². The number of likely N-dealkylation sites (tertiary alicyclic amines) is 1. The summed E-state index contributed by atoms with van der Waals surface area (Å²) in [5.74, 6) is 0.402. The summed E-state index contributed by atoms with van der Waals surface area (Å²) in [6.45, 7) is 5.51. The molecule has 17 heavy (non-hydrogen) atoms. The molecule has 1 atom stereocenters. The molecule has 1 heterocycles. The molecule has 0 saturated carbocycles. The van der Waals surface area contributed by atoms with Crippen LogP contribution in [0.25, 0.3) is 0 Å². The zero-order valence-electron chi connectivity index (χ0n) is 10.4. The van der Waals surface area contributed by atoms with Crippen molar-refractivity contribution in [2.75, 3.05) is 13.1 Å². The summed E-state index contributed by atoms with van der Waals surface area (Å²) >= 11 is 0. The Morgan fingerprint density at radius 3 is 2.88 bits per heavy atom. The van der Waals surface area contributed by atoms with Crippen LogP contribution in [0, 0.1) is 18.7 Å². The molecule has 2 rings (SSSR count). The molecule has 0 aromatic heterocycles. The summed E-state index contributed by atoms with van der Waals surface area (Å²) in [4.78, 5) is 14.1. The Morgan fingerprint density at radius 2 is 2.29 bits per heavy atom. The van der Waals surface area contributed by atoms with E-state index in [1.165, 1.54) is 6.07 Å². The SMILES string of the molecule is CCC1CCN(C(=O)c2ccc(F)c(C)c2)C1. The fraction of sp³-hybridized carbons (Fsp3) is 0.500. The van der Waals surface area contributed by atoms with Gasteiger partial charge in [0.15, 0.2) is 0 Å². The van der Waals surface area contributed by atoms with E-state index in [4.69, 9.17) is 0 Å². The van der Waals surface area contributed by atoms with Gasteiger partial charge in [-0.05, 0) is 43.0 Å². The van der Waals surface area contributed by atoms with Gasteiger partial charge in [-0.1, -0.05) is 13.3 Å². The summed E-state index contributed by atoms with van der Waals surface area (Å²) in [6.07, 6.45) is 2.20. The van der Waals surface area contributed by atoms with E-state index in [1.807, 2.05) is 4.90 Å². The van der Waals surface area contributed by atoms with E-state index in [9.17, 15) is 9.18 Å². The maximum Gasteiger partial charge on any atom is 0.253 e. The number of hydrogen-bond acceptors (Lipinski definition) is 1. The first-order valence-electron chi connectivity index (χ1n) is 6.17. The van der Waals surface area contributed by atoms with E-state index in [-0.39, 0.29) is 11.7 Å². The van der Waals surface area contributed by atoms with Gasteiger partial charge in [0.2, 0.25) is 0 Å². The molecule has 1 aromatic rings. The molecule has 1 fully saturated rings. The minimum Gasteiger partial charge on any atom is -0.338 e. The molecule has 1 aromatic carbocycles. The highest BCUT2D eigenvalue weighted by atomic mass is 19.1. The smallest absolute Gasteiger partial charge is 0.253 e. The van der Waals surface area contributed by atoms with Gasteiger partial charge in [-0.3, -0.25) is 4.79 Å². The lowest BCUT2D eigenvalue weighted by Crippen LogP contribution is -2.28. The molecule has 1 saturated heterocycles. The Balaban J connectivity index is 2.12. The molecular weight excluding hydrogens is 217 g/mol. The molecular formula is C14H18FNO. The molecule has 0 N–H and O–H groups in total. The largest absolute Gasteiger partial charge is 0.338 e. The first-order chi connectivity index (χ1) is 8.11. The molecule has 0 aliphatic carbocycles. The van der Waals surface area contributed by atoms with Crippen molar-refractivity contribution in [2.24, 2.45) is 5.92 Å². The molecule has 1 aliphatic rings. The number of benzene rings is 1. The Bertz CT molecular complexity index is 430. The van der Waals surface area contributed by atoms with Crippen molar-refractivity contribution in [3.05, 3.63) is 35.1 Å². The van der Waals surface area contributed by atoms with Crippen LogP contribution in [0.2, 0.25) is 0 Å². The van der Waals surface area contributed by atoms with Gasteiger partial charge >= 0.3 is 0 Å². The van der Waals surface area contributed by atoms with Gasteiger partial charge in [-0.25, -0.2) is 4.39 Å². The molecule has 1 unspecified atom stereocenters. The van der Waals surface area contributed by atoms with Crippen molar-refractivity contribution >= 4 is 5.91 Å². The third-order valence-corrected chi connectivity index (χ3v) is 3.56. The Kier molecular flexibility index (Phi) is 3.46. The highest BCUT2D eigenvalue weighted by molar-refractivity contribution is 5.94. The van der Waals surface area contributed by atoms with Crippen molar-refractivity contribution < 1.29 is 9.18 Å². The van der Waals surface area contributed by atoms with E-state index in [1.54, 1.807) is 19.1 Å². The van der Waals surface area contributed by atoms with Crippen LogP contribution in [0.5, 0.6) is 0 Å². The number of carbonyl (C=O) groups is 1. The normalized spacial score (nSPS) is 19.7. The highest BCUT2D eigenvalue weighted by Gasteiger charge is 2.25. The van der Waals surface area contributed by atoms with E-state index in [0.29, 0.717) is 17.0 Å². The van der Waals surface area contributed by atoms with Crippen LogP contribution in [0.3, 0.4) is 0 Å². The summed E-state index contributed by atoms with van der Waals surface area (Å²) in [6, 6.07) is 4.58. The van der Waals surface area contributed by atoms with Crippen molar-refractivity contribution in [1.82, 2.24) is 4.90 Å². The quantitative estimate of drug-likeness (QED) is 0.771. The van der Waals surface area contributed by atoms with E-state index in [2.05, 4.69) is 6.92 Å². The topological polar surface area (TPSA) is 20.3 Å². The third-order valence-electron chi connectivity index (χ3n) is 3.56. The van der Waals surface area contributed by atoms with Crippen LogP contribution in [0.1, 0.15) is 35.7 Å². The van der Waals surface area contributed by atoms with E-state index >= 15 is 0 Å². The lowest BCUT2D eigenvalue weighted by molar-refractivity contribution is 0.0787. The van der Waals surface area contributed by atoms with Crippen LogP contribution in [0.15, 0.2) is 18.2 Å². The maximum atomic E-state index is 13.1. The van der Waals surface area contributed by atoms with Crippen molar-refractivity contribution in [3.63, 3.8) is 0 Å². The second-order valence-corrected chi connectivity index (χ2v) is 4.78. The first kappa shape index (κ1) is 12.1. The average molecular weight is 235 g/mol. The van der Waals surface area contributed by atoms with Crippen LogP contribution in [-0.2, 0) is 0 Å². The lowest BCUT2D eigenvalue weighted by Gasteiger charge is -2.16. The molecule has 0 spiro atoms. The second kappa shape index (κ2) is 4.86. The number of carbonyl (C=O) groups excluding carboxylic acids is 1. The Labute approximate surface area is 101 Å². The zero-order chi connectivity index (χ0) is 12.4. The molecule has 0 radical (unpaired) electrons. The van der Waals surface area contributed by atoms with Crippen molar-refractivity contribution in [3.8, 4) is 0 Å². The monoisotopic (exact) mass is 235 g/mol. The summed E-state index contributed by atoms with van der Waals surface area (Å²) in [7, 11) is 0. The minimum absolute atomic E-state index is 0.0315. The summed E-state index contributed by atoms with van der Waals surface area (Å²) in [5.41, 5.74) is 1.13. The maximum absolute atomic E-state index is 13.1. The van der Waals surface area contributed by atoms with Crippen LogP contribution in [0.4, 0.5) is 4.39 Å². The van der Waals surface area contributed by atoms with Crippen molar-refractivity contribution in [2.45, 2.75) is 26.7 Å². The lowest BCUT2D eigenvalue weighted by atomic mass is 10.1. The molecule has 0 bridgehead atoms. The van der Waals surface area contributed by atoms with Gasteiger partial charge in [0.1, 0.15) is 5.82 Å². The van der Waals surface area contributed by atoms with E-state index < -0.39 is 0 Å². The van der Waals surface area contributed by atoms with Gasteiger partial charge in [0, 0.05) is 18.7 Å². The second-order valence-electron chi connectivity index (χ2n) is 4.78. The average Bonchev–Trinajstić information content (AvgIpc) is 2.80. The fourth-order valence-corrected chi connectivity index (χ4v) is 2.31. The van der Waals surface area contributed by atoms with Gasteiger partial charge in [0.25, 0.3) is 5.91 Å². The molecule has 1 aliphatic heterocycles. The number of amides is 1. The standard InChI is InChI=1S/C14H18FNO/c1-3-11-6-7-16(9-11)14(17)12-4-5-13(15)10(2)8-12/h4-5,8,11H,3,6-7,9H2,1-2H3. The number of rotatable bonds is 2. The number of hydrogen-bond donors (Lipinski definition) is 0. The third kappa shape index (κ3) is 2.48. The molecule has 2 nitrogen and oxygen atoms in total. The predicted molar refractivity (Wildman–Crippen MR) is 65.4 cm³/mol. The molecule has 92 valence electrons. The predicted octanol–water partition coefficient (Wildman–Crippen LogP) is 3.01. The van der Waals surface area contributed by atoms with Gasteiger partial charge in [0.05, 0.1) is 0 Å². The van der Waals surface area contributed by atoms with E-state index in [0.717, 1.165) is 25.9 Å². The fourth-order valence-electron chi connectivity index (χ4n) is 2.31. The van der Waals surface area contributed by atoms with Crippen molar-refractivity contribution in [1.29, 1.82) is 0 Å². The summed E-state index contributed by atoms with van der Waals surface area (Å²) in [5, 5.41) is 0. The molecule has 3 heteroatoms. The Hall–Kier alpha value is -1.38.